The summed E-state index contributed by atoms with van der Waals surface area (Å²) in [6.45, 7) is 6.33. The number of nitrogens with zero attached hydrogens (tertiary/aromatic N) is 2. The Balaban J connectivity index is 0.00000148. The zero-order chi connectivity index (χ0) is 25.5. The van der Waals surface area contributed by atoms with Crippen molar-refractivity contribution in [3.63, 3.8) is 0 Å². The van der Waals surface area contributed by atoms with Crippen molar-refractivity contribution in [3.8, 4) is 17.1 Å². The van der Waals surface area contributed by atoms with Crippen LogP contribution in [-0.2, 0) is 6.42 Å². The molecule has 1 N–H and O–H groups in total. The monoisotopic (exact) mass is 505 g/mol. The molecule has 0 aliphatic heterocycles. The second-order valence-electron chi connectivity index (χ2n) is 8.04. The highest BCUT2D eigenvalue weighted by atomic mass is 35.5. The Labute approximate surface area is 215 Å². The van der Waals surface area contributed by atoms with E-state index in [1.54, 1.807) is 12.1 Å². The molecular weight excluding hydrogens is 477 g/mol. The highest BCUT2D eigenvalue weighted by Crippen LogP contribution is 2.33. The quantitative estimate of drug-likeness (QED) is 0.272. The summed E-state index contributed by atoms with van der Waals surface area (Å²) in [4.78, 5) is 8.82. The van der Waals surface area contributed by atoms with Gasteiger partial charge in [-0.15, -0.1) is 0 Å². The second-order valence-corrected chi connectivity index (χ2v) is 8.45. The lowest BCUT2D eigenvalue weighted by Gasteiger charge is -2.13. The van der Waals surface area contributed by atoms with Gasteiger partial charge in [0, 0.05) is 29.5 Å². The number of rotatable bonds is 7. The van der Waals surface area contributed by atoms with Crippen LogP contribution in [0.2, 0.25) is 5.02 Å². The van der Waals surface area contributed by atoms with Crippen molar-refractivity contribution in [2.24, 2.45) is 0 Å². The van der Waals surface area contributed by atoms with Gasteiger partial charge in [-0.25, -0.2) is 14.4 Å². The Bertz CT molecular complexity index is 1410. The molecule has 0 fully saturated rings. The minimum Gasteiger partial charge on any atom is -0.487 e. The first-order chi connectivity index (χ1) is 17.6. The molecule has 0 unspecified atom stereocenters. The van der Waals surface area contributed by atoms with E-state index in [9.17, 15) is 4.39 Å². The molecule has 5 rings (SSSR count). The molecule has 5 nitrogen and oxygen atoms in total. The third-order valence-electron chi connectivity index (χ3n) is 5.65. The van der Waals surface area contributed by atoms with Gasteiger partial charge in [-0.3, -0.25) is 0 Å². The van der Waals surface area contributed by atoms with Crippen molar-refractivity contribution >= 4 is 34.0 Å². The van der Waals surface area contributed by atoms with Crippen molar-refractivity contribution in [1.29, 1.82) is 0 Å². The van der Waals surface area contributed by atoms with Gasteiger partial charge in [-0.1, -0.05) is 38.4 Å². The minimum absolute atomic E-state index is 0.121. The molecule has 2 aromatic carbocycles. The van der Waals surface area contributed by atoms with E-state index >= 15 is 0 Å². The van der Waals surface area contributed by atoms with Gasteiger partial charge in [0.2, 0.25) is 0 Å². The lowest BCUT2D eigenvalue weighted by Crippen LogP contribution is -2.03. The fraction of sp³-hybridized carbons (Fsp3) is 0.241. The fourth-order valence-corrected chi connectivity index (χ4v) is 4.09. The Morgan fingerprint density at radius 1 is 1.08 bits per heavy atom. The molecule has 2 heterocycles. The Hall–Kier alpha value is -3.64. The van der Waals surface area contributed by atoms with Crippen LogP contribution in [0.3, 0.4) is 0 Å². The van der Waals surface area contributed by atoms with E-state index in [1.807, 2.05) is 56.3 Å². The van der Waals surface area contributed by atoms with Crippen molar-refractivity contribution in [2.75, 3.05) is 11.9 Å². The van der Waals surface area contributed by atoms with Crippen LogP contribution in [0.15, 0.2) is 82.8 Å². The molecule has 7 heteroatoms. The van der Waals surface area contributed by atoms with Gasteiger partial charge in [0.05, 0.1) is 10.5 Å². The van der Waals surface area contributed by atoms with Gasteiger partial charge in [0.15, 0.2) is 0 Å². The lowest BCUT2D eigenvalue weighted by molar-refractivity contribution is 0.353. The van der Waals surface area contributed by atoms with Gasteiger partial charge in [0.1, 0.15) is 41.8 Å². The Kier molecular flexibility index (Phi) is 8.39. The van der Waals surface area contributed by atoms with Gasteiger partial charge in [0.25, 0.3) is 0 Å². The smallest absolute Gasteiger partial charge is 0.141 e. The Morgan fingerprint density at radius 2 is 1.94 bits per heavy atom. The summed E-state index contributed by atoms with van der Waals surface area (Å²) in [6.07, 6.45) is 7.00. The first-order valence-corrected chi connectivity index (χ1v) is 12.5. The number of aryl methyl sites for hydroxylation is 1. The first-order valence-electron chi connectivity index (χ1n) is 12.2. The normalized spacial score (nSPS) is 12.9. The summed E-state index contributed by atoms with van der Waals surface area (Å²) in [7, 11) is 0. The van der Waals surface area contributed by atoms with Gasteiger partial charge in [-0.05, 0) is 66.6 Å². The third-order valence-corrected chi connectivity index (χ3v) is 5.95. The van der Waals surface area contributed by atoms with Crippen molar-refractivity contribution < 1.29 is 13.5 Å². The largest absolute Gasteiger partial charge is 0.487 e. The topological polar surface area (TPSA) is 60.2 Å². The molecule has 0 atom stereocenters. The molecule has 1 aliphatic carbocycles. The van der Waals surface area contributed by atoms with E-state index in [0.29, 0.717) is 29.4 Å². The molecule has 36 heavy (non-hydrogen) atoms. The van der Waals surface area contributed by atoms with Crippen LogP contribution in [0.4, 0.5) is 15.9 Å². The summed E-state index contributed by atoms with van der Waals surface area (Å²) < 4.78 is 25.2. The van der Waals surface area contributed by atoms with Crippen LogP contribution in [-0.4, -0.2) is 16.6 Å². The highest BCUT2D eigenvalue weighted by molar-refractivity contribution is 6.32. The van der Waals surface area contributed by atoms with Crippen molar-refractivity contribution in [3.05, 3.63) is 89.2 Å². The molecule has 4 aromatic rings. The summed E-state index contributed by atoms with van der Waals surface area (Å²) in [5.74, 6) is 2.82. The van der Waals surface area contributed by atoms with E-state index in [2.05, 4.69) is 22.2 Å². The van der Waals surface area contributed by atoms with Crippen LogP contribution in [0.5, 0.6) is 5.75 Å². The minimum atomic E-state index is -0.121. The number of fused-ring (bicyclic) bond motifs is 1. The number of aromatic nitrogens is 2. The maximum atomic E-state index is 13.5. The number of benzene rings is 2. The van der Waals surface area contributed by atoms with Crippen LogP contribution >= 0.6 is 11.6 Å². The predicted molar refractivity (Wildman–Crippen MR) is 145 cm³/mol. The van der Waals surface area contributed by atoms with Gasteiger partial charge < -0.3 is 14.5 Å². The molecule has 2 aromatic heterocycles. The van der Waals surface area contributed by atoms with Gasteiger partial charge in [-0.2, -0.15) is 0 Å². The summed E-state index contributed by atoms with van der Waals surface area (Å²) >= 11 is 6.46. The van der Waals surface area contributed by atoms with Crippen LogP contribution in [0.1, 0.15) is 39.4 Å². The van der Waals surface area contributed by atoms with E-state index < -0.39 is 0 Å². The number of hydrogen-bond donors (Lipinski definition) is 1. The van der Waals surface area contributed by atoms with Gasteiger partial charge >= 0.3 is 0 Å². The molecule has 0 bridgehead atoms. The number of nitrogens with one attached hydrogen (secondary N) is 1. The Morgan fingerprint density at radius 3 is 2.69 bits per heavy atom. The van der Waals surface area contributed by atoms with E-state index in [0.717, 1.165) is 45.7 Å². The van der Waals surface area contributed by atoms with E-state index in [4.69, 9.17) is 20.8 Å². The molecule has 0 saturated heterocycles. The molecule has 1 aliphatic rings. The summed E-state index contributed by atoms with van der Waals surface area (Å²) in [5.41, 5.74) is 3.34. The third kappa shape index (κ3) is 5.94. The second kappa shape index (κ2) is 11.9. The number of ether oxygens (including phenoxy) is 1. The molecule has 0 spiro atoms. The SMILES string of the molecule is CC.CCc1ccc(-c2ccc3ncnc(Nc4ccc(OCC5=CCCC(F)=C5)c(Cl)c4)c3c2)o1. The fourth-order valence-electron chi connectivity index (χ4n) is 3.85. The highest BCUT2D eigenvalue weighted by Gasteiger charge is 2.11. The van der Waals surface area contributed by atoms with Crippen LogP contribution in [0, 0.1) is 0 Å². The molecule has 186 valence electrons. The zero-order valence-corrected chi connectivity index (χ0v) is 21.4. The molecule has 0 amide bonds. The summed E-state index contributed by atoms with van der Waals surface area (Å²) in [6, 6.07) is 15.4. The first kappa shape index (κ1) is 25.5. The number of hydrogen-bond acceptors (Lipinski definition) is 5. The maximum Gasteiger partial charge on any atom is 0.141 e. The molecular formula is C29H29ClFN3O2. The van der Waals surface area contributed by atoms with Crippen molar-refractivity contribution in [1.82, 2.24) is 9.97 Å². The number of furan rings is 1. The number of anilines is 2. The van der Waals surface area contributed by atoms with Crippen molar-refractivity contribution in [2.45, 2.75) is 40.0 Å². The van der Waals surface area contributed by atoms with Crippen LogP contribution < -0.4 is 10.1 Å². The van der Waals surface area contributed by atoms with E-state index in [1.165, 1.54) is 12.4 Å². The lowest BCUT2D eigenvalue weighted by atomic mass is 10.1. The maximum absolute atomic E-state index is 13.5. The average molecular weight is 506 g/mol. The molecule has 0 radical (unpaired) electrons. The number of allylic oxidation sites excluding steroid dienone is 2. The number of halogens is 2. The molecule has 0 saturated carbocycles. The summed E-state index contributed by atoms with van der Waals surface area (Å²) in [5, 5.41) is 4.65. The predicted octanol–water partition coefficient (Wildman–Crippen LogP) is 8.83. The van der Waals surface area contributed by atoms with Crippen LogP contribution in [0.25, 0.3) is 22.2 Å². The average Bonchev–Trinajstić information content (AvgIpc) is 3.39. The van der Waals surface area contributed by atoms with E-state index in [-0.39, 0.29) is 12.4 Å². The zero-order valence-electron chi connectivity index (χ0n) is 20.6. The standard InChI is InChI=1S/C27H23ClFN3O2.C2H6/c1-2-21-8-11-25(34-21)18-6-9-24-22(13-18)27(31-16-30-24)32-20-7-10-26(23(28)14-20)33-15-17-4-3-5-19(29)12-17;1-2/h4,6-14,16H,2-3,5,15H2,1H3,(H,30,31,32);1-2H3.